The van der Waals surface area contributed by atoms with Gasteiger partial charge in [-0.05, 0) is 31.5 Å². The summed E-state index contributed by atoms with van der Waals surface area (Å²) < 4.78 is 5.55. The van der Waals surface area contributed by atoms with E-state index < -0.39 is 0 Å². The quantitative estimate of drug-likeness (QED) is 0.654. The van der Waals surface area contributed by atoms with Crippen LogP contribution in [0.3, 0.4) is 0 Å². The fourth-order valence-electron chi connectivity index (χ4n) is 2.13. The van der Waals surface area contributed by atoms with E-state index >= 15 is 0 Å². The first-order valence-electron chi connectivity index (χ1n) is 7.63. The molecule has 2 rings (SSSR count). The monoisotopic (exact) mass is 315 g/mol. The summed E-state index contributed by atoms with van der Waals surface area (Å²) in [6.45, 7) is 5.06. The summed E-state index contributed by atoms with van der Waals surface area (Å²) in [5.74, 6) is 2.23. The molecule has 0 fully saturated rings. The van der Waals surface area contributed by atoms with Crippen LogP contribution in [-0.4, -0.2) is 32.1 Å². The highest BCUT2D eigenvalue weighted by molar-refractivity contribution is 5.79. The Morgan fingerprint density at radius 3 is 2.57 bits per heavy atom. The number of benzene rings is 1. The molecule has 0 aliphatic carbocycles. The van der Waals surface area contributed by atoms with Crippen LogP contribution in [0.15, 0.2) is 33.7 Å². The highest BCUT2D eigenvalue weighted by atomic mass is 16.4. The van der Waals surface area contributed by atoms with Crippen molar-refractivity contribution in [3.05, 3.63) is 47.2 Å². The normalized spacial score (nSPS) is 11.4. The van der Waals surface area contributed by atoms with E-state index in [0.717, 1.165) is 11.5 Å². The number of hydrogen-bond donors (Lipinski definition) is 2. The van der Waals surface area contributed by atoms with E-state index in [1.54, 1.807) is 7.05 Å². The predicted molar refractivity (Wildman–Crippen MR) is 93.8 cm³/mol. The van der Waals surface area contributed by atoms with Gasteiger partial charge in [0.1, 0.15) is 5.76 Å². The topological polar surface area (TPSA) is 65.7 Å². The van der Waals surface area contributed by atoms with Crippen molar-refractivity contribution in [1.82, 2.24) is 15.6 Å². The smallest absolute Gasteiger partial charge is 0.214 e. The number of guanidine groups is 1. The summed E-state index contributed by atoms with van der Waals surface area (Å²) in [5.41, 5.74) is 3.30. The number of hydrogen-bond acceptors (Lipinski definition) is 4. The molecule has 2 N–H and O–H groups in total. The van der Waals surface area contributed by atoms with Crippen molar-refractivity contribution < 1.29 is 4.42 Å². The van der Waals surface area contributed by atoms with Gasteiger partial charge >= 0.3 is 0 Å². The van der Waals surface area contributed by atoms with Gasteiger partial charge in [-0.15, -0.1) is 0 Å². The molecule has 2 aromatic rings. The van der Waals surface area contributed by atoms with Gasteiger partial charge in [0.05, 0.1) is 12.2 Å². The van der Waals surface area contributed by atoms with Crippen LogP contribution in [0.4, 0.5) is 5.69 Å². The fraction of sp³-hybridized carbons (Fsp3) is 0.412. The Balaban J connectivity index is 1.89. The third kappa shape index (κ3) is 4.74. The highest BCUT2D eigenvalue weighted by Gasteiger charge is 2.06. The first-order valence-corrected chi connectivity index (χ1v) is 7.63. The summed E-state index contributed by atoms with van der Waals surface area (Å²) in [6.07, 6.45) is 0. The molecule has 124 valence electrons. The van der Waals surface area contributed by atoms with Crippen LogP contribution in [0.1, 0.15) is 22.9 Å². The molecule has 0 amide bonds. The molecule has 1 aromatic heterocycles. The number of nitrogens with one attached hydrogen (secondary N) is 2. The first-order chi connectivity index (χ1) is 11.0. The van der Waals surface area contributed by atoms with E-state index in [1.807, 2.05) is 27.9 Å². The molecule has 0 atom stereocenters. The molecule has 6 nitrogen and oxygen atoms in total. The van der Waals surface area contributed by atoms with Gasteiger partial charge in [-0.2, -0.15) is 0 Å². The molecule has 0 radical (unpaired) electrons. The molecular formula is C17H25N5O. The predicted octanol–water partition coefficient (Wildman–Crippen LogP) is 2.22. The van der Waals surface area contributed by atoms with Gasteiger partial charge in [0.25, 0.3) is 0 Å². The Hall–Kier alpha value is -2.50. The minimum Gasteiger partial charge on any atom is -0.444 e. The second kappa shape index (κ2) is 7.67. The molecule has 0 saturated carbocycles. The lowest BCUT2D eigenvalue weighted by atomic mass is 10.2. The van der Waals surface area contributed by atoms with Crippen LogP contribution in [0.5, 0.6) is 0 Å². The third-order valence-corrected chi connectivity index (χ3v) is 3.59. The summed E-state index contributed by atoms with van der Waals surface area (Å²) in [4.78, 5) is 10.7. The molecule has 0 aliphatic rings. The SMILES string of the molecule is CN=C(NCc1cccc(N(C)C)c1)NCc1nc(C)c(C)o1. The second-order valence-electron chi connectivity index (χ2n) is 5.59. The van der Waals surface area contributed by atoms with E-state index in [9.17, 15) is 0 Å². The third-order valence-electron chi connectivity index (χ3n) is 3.59. The number of rotatable bonds is 5. The molecule has 0 spiro atoms. The molecule has 6 heteroatoms. The van der Waals surface area contributed by atoms with E-state index in [0.29, 0.717) is 24.9 Å². The Morgan fingerprint density at radius 1 is 1.22 bits per heavy atom. The summed E-state index contributed by atoms with van der Waals surface area (Å²) in [6, 6.07) is 8.39. The van der Waals surface area contributed by atoms with Gasteiger partial charge in [-0.1, -0.05) is 12.1 Å². The number of aliphatic imine (C=N–C) groups is 1. The first kappa shape index (κ1) is 16.9. The Labute approximate surface area is 137 Å². The molecule has 1 heterocycles. The second-order valence-corrected chi connectivity index (χ2v) is 5.59. The van der Waals surface area contributed by atoms with E-state index in [4.69, 9.17) is 4.42 Å². The van der Waals surface area contributed by atoms with Crippen LogP contribution < -0.4 is 15.5 Å². The molecule has 0 bridgehead atoms. The van der Waals surface area contributed by atoms with Crippen LogP contribution in [0.2, 0.25) is 0 Å². The Morgan fingerprint density at radius 2 is 1.96 bits per heavy atom. The highest BCUT2D eigenvalue weighted by Crippen LogP contribution is 2.13. The van der Waals surface area contributed by atoms with Gasteiger partial charge in [0.15, 0.2) is 5.96 Å². The average molecular weight is 315 g/mol. The lowest BCUT2D eigenvalue weighted by molar-refractivity contribution is 0.463. The molecular weight excluding hydrogens is 290 g/mol. The van der Waals surface area contributed by atoms with Gasteiger partial charge in [-0.3, -0.25) is 4.99 Å². The van der Waals surface area contributed by atoms with Crippen LogP contribution in [0, 0.1) is 13.8 Å². The minimum atomic E-state index is 0.506. The summed E-state index contributed by atoms with van der Waals surface area (Å²) in [5, 5.41) is 6.50. The van der Waals surface area contributed by atoms with Crippen molar-refractivity contribution in [3.8, 4) is 0 Å². The van der Waals surface area contributed by atoms with Crippen molar-refractivity contribution in [1.29, 1.82) is 0 Å². The largest absolute Gasteiger partial charge is 0.444 e. The molecule has 23 heavy (non-hydrogen) atoms. The number of aryl methyl sites for hydroxylation is 2. The van der Waals surface area contributed by atoms with Crippen LogP contribution in [-0.2, 0) is 13.1 Å². The van der Waals surface area contributed by atoms with Gasteiger partial charge in [0.2, 0.25) is 5.89 Å². The van der Waals surface area contributed by atoms with Gasteiger partial charge < -0.3 is 20.0 Å². The lowest BCUT2D eigenvalue weighted by Crippen LogP contribution is -2.36. The fourth-order valence-corrected chi connectivity index (χ4v) is 2.13. The van der Waals surface area contributed by atoms with Crippen molar-refractivity contribution in [3.63, 3.8) is 0 Å². The van der Waals surface area contributed by atoms with Crippen molar-refractivity contribution >= 4 is 11.6 Å². The number of oxazole rings is 1. The molecule has 0 aliphatic heterocycles. The van der Waals surface area contributed by atoms with Crippen molar-refractivity contribution in [2.45, 2.75) is 26.9 Å². The lowest BCUT2D eigenvalue weighted by Gasteiger charge is -2.15. The number of aromatic nitrogens is 1. The summed E-state index contributed by atoms with van der Waals surface area (Å²) in [7, 11) is 5.82. The minimum absolute atomic E-state index is 0.506. The number of nitrogens with zero attached hydrogens (tertiary/aromatic N) is 3. The maximum atomic E-state index is 5.55. The Kier molecular flexibility index (Phi) is 5.62. The number of anilines is 1. The zero-order valence-corrected chi connectivity index (χ0v) is 14.5. The van der Waals surface area contributed by atoms with E-state index in [-0.39, 0.29) is 0 Å². The maximum Gasteiger partial charge on any atom is 0.214 e. The van der Waals surface area contributed by atoms with Crippen LogP contribution >= 0.6 is 0 Å². The maximum absolute atomic E-state index is 5.55. The molecule has 0 unspecified atom stereocenters. The van der Waals surface area contributed by atoms with Crippen molar-refractivity contribution in [2.24, 2.45) is 4.99 Å². The van der Waals surface area contributed by atoms with Gasteiger partial charge in [0, 0.05) is 33.4 Å². The zero-order valence-electron chi connectivity index (χ0n) is 14.5. The van der Waals surface area contributed by atoms with E-state index in [1.165, 1.54) is 11.3 Å². The summed E-state index contributed by atoms with van der Waals surface area (Å²) >= 11 is 0. The van der Waals surface area contributed by atoms with E-state index in [2.05, 4.69) is 49.8 Å². The zero-order chi connectivity index (χ0) is 16.8. The molecule has 1 aromatic carbocycles. The van der Waals surface area contributed by atoms with Crippen molar-refractivity contribution in [2.75, 3.05) is 26.0 Å². The average Bonchev–Trinajstić information content (AvgIpc) is 2.86. The van der Waals surface area contributed by atoms with Crippen LogP contribution in [0.25, 0.3) is 0 Å². The van der Waals surface area contributed by atoms with Gasteiger partial charge in [-0.25, -0.2) is 4.98 Å². The Bertz CT molecular complexity index is 656. The standard InChI is InChI=1S/C17H25N5O/c1-12-13(2)23-16(21-12)11-20-17(18-3)19-10-14-7-6-8-15(9-14)22(4)5/h6-9H,10-11H2,1-5H3,(H2,18,19,20). The molecule has 0 saturated heterocycles.